The van der Waals surface area contributed by atoms with Gasteiger partial charge in [-0.2, -0.15) is 0 Å². The monoisotopic (exact) mass is 251 g/mol. The van der Waals surface area contributed by atoms with E-state index in [1.54, 1.807) is 0 Å². The molecule has 0 unspecified atom stereocenters. The number of aryl methyl sites for hydroxylation is 1. The van der Waals surface area contributed by atoms with Gasteiger partial charge in [-0.25, -0.2) is 4.98 Å². The molecule has 0 bridgehead atoms. The topological polar surface area (TPSA) is 39.1 Å². The molecule has 0 atom stereocenters. The first-order chi connectivity index (χ1) is 8.79. The Morgan fingerprint density at radius 1 is 1.44 bits per heavy atom. The van der Waals surface area contributed by atoms with Crippen molar-refractivity contribution in [1.82, 2.24) is 9.55 Å². The molecular formula is C14H25N3O. The summed E-state index contributed by atoms with van der Waals surface area (Å²) in [6, 6.07) is 0. The number of hydrogen-bond donors (Lipinski definition) is 1. The van der Waals surface area contributed by atoms with E-state index in [1.807, 2.05) is 0 Å². The molecule has 1 aliphatic rings. The Labute approximate surface area is 110 Å². The zero-order valence-corrected chi connectivity index (χ0v) is 11.6. The molecule has 2 rings (SSSR count). The molecule has 0 aromatic carbocycles. The molecule has 1 aliphatic heterocycles. The third-order valence-electron chi connectivity index (χ3n) is 3.51. The Balaban J connectivity index is 1.93. The standard InChI is InChI=1S/C14H25N3O/c1-3-4-7-15-14-16-12(2)10-17(14)11-13-5-8-18-9-6-13/h10,13H,3-9,11H2,1-2H3,(H,15,16). The van der Waals surface area contributed by atoms with Crippen LogP contribution in [0.4, 0.5) is 5.95 Å². The van der Waals surface area contributed by atoms with Crippen LogP contribution in [-0.4, -0.2) is 29.3 Å². The Hall–Kier alpha value is -1.03. The average molecular weight is 251 g/mol. The van der Waals surface area contributed by atoms with E-state index in [1.165, 1.54) is 25.7 Å². The third kappa shape index (κ3) is 3.73. The van der Waals surface area contributed by atoms with Gasteiger partial charge < -0.3 is 14.6 Å². The molecule has 1 aromatic rings. The fraction of sp³-hybridized carbons (Fsp3) is 0.786. The van der Waals surface area contributed by atoms with Crippen molar-refractivity contribution in [3.8, 4) is 0 Å². The summed E-state index contributed by atoms with van der Waals surface area (Å²) in [4.78, 5) is 4.57. The lowest BCUT2D eigenvalue weighted by Crippen LogP contribution is -2.21. The Bertz CT molecular complexity index is 356. The highest BCUT2D eigenvalue weighted by atomic mass is 16.5. The lowest BCUT2D eigenvalue weighted by atomic mass is 10.0. The van der Waals surface area contributed by atoms with Crippen LogP contribution in [0.2, 0.25) is 0 Å². The van der Waals surface area contributed by atoms with Crippen LogP contribution in [0.1, 0.15) is 38.3 Å². The van der Waals surface area contributed by atoms with Crippen LogP contribution in [0.3, 0.4) is 0 Å². The summed E-state index contributed by atoms with van der Waals surface area (Å²) >= 11 is 0. The molecular weight excluding hydrogens is 226 g/mol. The summed E-state index contributed by atoms with van der Waals surface area (Å²) in [6.45, 7) is 8.18. The second kappa shape index (κ2) is 6.78. The smallest absolute Gasteiger partial charge is 0.203 e. The fourth-order valence-corrected chi connectivity index (χ4v) is 2.41. The molecule has 0 saturated carbocycles. The molecule has 0 aliphatic carbocycles. The van der Waals surface area contributed by atoms with Crippen LogP contribution in [0.15, 0.2) is 6.20 Å². The van der Waals surface area contributed by atoms with Gasteiger partial charge in [0.25, 0.3) is 0 Å². The number of nitrogens with zero attached hydrogens (tertiary/aromatic N) is 2. The first-order valence-electron chi connectivity index (χ1n) is 7.15. The Morgan fingerprint density at radius 2 is 2.22 bits per heavy atom. The van der Waals surface area contributed by atoms with Crippen molar-refractivity contribution < 1.29 is 4.74 Å². The summed E-state index contributed by atoms with van der Waals surface area (Å²) < 4.78 is 7.69. The second-order valence-corrected chi connectivity index (χ2v) is 5.19. The van der Waals surface area contributed by atoms with Crippen molar-refractivity contribution in [2.24, 2.45) is 5.92 Å². The second-order valence-electron chi connectivity index (χ2n) is 5.19. The molecule has 1 N–H and O–H groups in total. The predicted octanol–water partition coefficient (Wildman–Crippen LogP) is 2.83. The van der Waals surface area contributed by atoms with Crippen LogP contribution in [0, 0.1) is 12.8 Å². The Morgan fingerprint density at radius 3 is 2.94 bits per heavy atom. The van der Waals surface area contributed by atoms with Crippen molar-refractivity contribution in [1.29, 1.82) is 0 Å². The van der Waals surface area contributed by atoms with E-state index in [9.17, 15) is 0 Å². The van der Waals surface area contributed by atoms with E-state index in [2.05, 4.69) is 34.9 Å². The van der Waals surface area contributed by atoms with Gasteiger partial charge in [-0.3, -0.25) is 0 Å². The van der Waals surface area contributed by atoms with E-state index in [-0.39, 0.29) is 0 Å². The zero-order chi connectivity index (χ0) is 12.8. The molecule has 0 spiro atoms. The van der Waals surface area contributed by atoms with Gasteiger partial charge >= 0.3 is 0 Å². The van der Waals surface area contributed by atoms with Crippen molar-refractivity contribution in [3.63, 3.8) is 0 Å². The molecule has 1 aromatic heterocycles. The maximum atomic E-state index is 5.41. The van der Waals surface area contributed by atoms with Crippen molar-refractivity contribution in [2.45, 2.75) is 46.1 Å². The van der Waals surface area contributed by atoms with Crippen LogP contribution in [-0.2, 0) is 11.3 Å². The normalized spacial score (nSPS) is 17.0. The lowest BCUT2D eigenvalue weighted by molar-refractivity contribution is 0.0614. The van der Waals surface area contributed by atoms with Crippen LogP contribution >= 0.6 is 0 Å². The summed E-state index contributed by atoms with van der Waals surface area (Å²) in [7, 11) is 0. The molecule has 0 radical (unpaired) electrons. The summed E-state index contributed by atoms with van der Waals surface area (Å²) in [5.41, 5.74) is 1.10. The van der Waals surface area contributed by atoms with Gasteiger partial charge in [0.05, 0.1) is 5.69 Å². The number of aromatic nitrogens is 2. The first kappa shape index (κ1) is 13.4. The van der Waals surface area contributed by atoms with E-state index < -0.39 is 0 Å². The summed E-state index contributed by atoms with van der Waals surface area (Å²) in [6.07, 6.45) is 6.91. The van der Waals surface area contributed by atoms with Crippen LogP contribution in [0.25, 0.3) is 0 Å². The van der Waals surface area contributed by atoms with E-state index >= 15 is 0 Å². The maximum Gasteiger partial charge on any atom is 0.203 e. The van der Waals surface area contributed by atoms with Crippen LogP contribution in [0.5, 0.6) is 0 Å². The zero-order valence-electron chi connectivity index (χ0n) is 11.6. The van der Waals surface area contributed by atoms with Gasteiger partial charge in [0.1, 0.15) is 0 Å². The predicted molar refractivity (Wildman–Crippen MR) is 73.9 cm³/mol. The molecule has 2 heterocycles. The number of unbranched alkanes of at least 4 members (excludes halogenated alkanes) is 1. The largest absolute Gasteiger partial charge is 0.381 e. The van der Waals surface area contributed by atoms with E-state index in [0.29, 0.717) is 0 Å². The summed E-state index contributed by atoms with van der Waals surface area (Å²) in [5, 5.41) is 3.45. The van der Waals surface area contributed by atoms with Gasteiger partial charge in [-0.05, 0) is 32.1 Å². The number of nitrogens with one attached hydrogen (secondary N) is 1. The van der Waals surface area contributed by atoms with Gasteiger partial charge in [0.2, 0.25) is 5.95 Å². The average Bonchev–Trinajstić information content (AvgIpc) is 2.71. The van der Waals surface area contributed by atoms with Gasteiger partial charge in [0, 0.05) is 32.5 Å². The Kier molecular flexibility index (Phi) is 5.05. The number of ether oxygens (including phenoxy) is 1. The minimum absolute atomic E-state index is 0.735. The van der Waals surface area contributed by atoms with Gasteiger partial charge in [-0.15, -0.1) is 0 Å². The van der Waals surface area contributed by atoms with Crippen molar-refractivity contribution in [2.75, 3.05) is 25.1 Å². The minimum atomic E-state index is 0.735. The summed E-state index contributed by atoms with van der Waals surface area (Å²) in [5.74, 6) is 1.77. The third-order valence-corrected chi connectivity index (χ3v) is 3.51. The molecule has 0 amide bonds. The van der Waals surface area contributed by atoms with E-state index in [4.69, 9.17) is 4.74 Å². The number of anilines is 1. The van der Waals surface area contributed by atoms with Crippen molar-refractivity contribution in [3.05, 3.63) is 11.9 Å². The quantitative estimate of drug-likeness (QED) is 0.790. The first-order valence-corrected chi connectivity index (χ1v) is 7.15. The van der Waals surface area contributed by atoms with Gasteiger partial charge in [0.15, 0.2) is 0 Å². The SMILES string of the molecule is CCCCNc1nc(C)cn1CC1CCOCC1. The van der Waals surface area contributed by atoms with Crippen LogP contribution < -0.4 is 5.32 Å². The maximum absolute atomic E-state index is 5.41. The highest BCUT2D eigenvalue weighted by molar-refractivity contribution is 5.28. The molecule has 18 heavy (non-hydrogen) atoms. The molecule has 1 saturated heterocycles. The molecule has 1 fully saturated rings. The highest BCUT2D eigenvalue weighted by Crippen LogP contribution is 2.19. The number of imidazole rings is 1. The molecule has 4 nitrogen and oxygen atoms in total. The molecule has 4 heteroatoms. The van der Waals surface area contributed by atoms with Gasteiger partial charge in [-0.1, -0.05) is 13.3 Å². The number of hydrogen-bond acceptors (Lipinski definition) is 3. The van der Waals surface area contributed by atoms with Crippen molar-refractivity contribution >= 4 is 5.95 Å². The number of rotatable bonds is 6. The fourth-order valence-electron chi connectivity index (χ4n) is 2.41. The van der Waals surface area contributed by atoms with E-state index in [0.717, 1.165) is 43.9 Å². The highest BCUT2D eigenvalue weighted by Gasteiger charge is 2.16. The lowest BCUT2D eigenvalue weighted by Gasteiger charge is -2.23. The minimum Gasteiger partial charge on any atom is -0.381 e. The molecule has 102 valence electrons.